The average molecular weight is 419 g/mol. The van der Waals surface area contributed by atoms with Gasteiger partial charge in [0, 0.05) is 5.56 Å². The number of esters is 1. The molecule has 0 saturated heterocycles. The van der Waals surface area contributed by atoms with Gasteiger partial charge in [-0.1, -0.05) is 18.2 Å². The monoisotopic (exact) mass is 418 g/mol. The molecule has 0 bridgehead atoms. The van der Waals surface area contributed by atoms with Gasteiger partial charge in [0.15, 0.2) is 6.61 Å². The molecule has 0 unspecified atom stereocenters. The lowest BCUT2D eigenvalue weighted by molar-refractivity contribution is -0.141. The lowest BCUT2D eigenvalue weighted by atomic mass is 10.1. The van der Waals surface area contributed by atoms with Crippen LogP contribution in [0.3, 0.4) is 0 Å². The van der Waals surface area contributed by atoms with Crippen LogP contribution in [0.2, 0.25) is 0 Å². The van der Waals surface area contributed by atoms with Crippen molar-refractivity contribution in [1.29, 1.82) is 0 Å². The first kappa shape index (κ1) is 16.0. The fraction of sp³-hybridized carbons (Fsp3) is 0.118. The summed E-state index contributed by atoms with van der Waals surface area (Å²) in [5.41, 5.74) is 1.30. The number of aromatic nitrogens is 2. The maximum Gasteiger partial charge on any atom is 0.338 e. The fourth-order valence-electron chi connectivity index (χ4n) is 2.29. The normalized spacial score (nSPS) is 12.9. The largest absolute Gasteiger partial charge is 0.488 e. The van der Waals surface area contributed by atoms with Crippen molar-refractivity contribution in [3.63, 3.8) is 0 Å². The molecule has 0 amide bonds. The van der Waals surface area contributed by atoms with Crippen LogP contribution >= 0.6 is 27.3 Å². The number of benzene rings is 1. The van der Waals surface area contributed by atoms with Gasteiger partial charge in [0.2, 0.25) is 0 Å². The molecule has 0 fully saturated rings. The smallest absolute Gasteiger partial charge is 0.338 e. The highest BCUT2D eigenvalue weighted by molar-refractivity contribution is 9.11. The molecule has 8 heteroatoms. The number of para-hydroxylation sites is 1. The van der Waals surface area contributed by atoms with Gasteiger partial charge in [-0.3, -0.25) is 0 Å². The molecule has 0 aliphatic carbocycles. The summed E-state index contributed by atoms with van der Waals surface area (Å²) in [6, 6.07) is 11.3. The molecule has 0 radical (unpaired) electrons. The first-order valence-electron chi connectivity index (χ1n) is 7.36. The molecular weight excluding hydrogens is 408 g/mol. The number of fused-ring (bicyclic) bond motifs is 1. The summed E-state index contributed by atoms with van der Waals surface area (Å²) in [5, 5.41) is 7.86. The molecule has 25 heavy (non-hydrogen) atoms. The minimum atomic E-state index is -0.465. The van der Waals surface area contributed by atoms with Crippen LogP contribution < -0.4 is 4.74 Å². The highest BCUT2D eigenvalue weighted by Crippen LogP contribution is 2.30. The quantitative estimate of drug-likeness (QED) is 0.594. The van der Waals surface area contributed by atoms with Crippen LogP contribution in [0, 0.1) is 0 Å². The molecule has 6 nitrogen and oxygen atoms in total. The summed E-state index contributed by atoms with van der Waals surface area (Å²) in [5.74, 6) is 0.928. The van der Waals surface area contributed by atoms with Crippen LogP contribution in [-0.4, -0.2) is 22.8 Å². The van der Waals surface area contributed by atoms with E-state index in [0.29, 0.717) is 11.5 Å². The summed E-state index contributed by atoms with van der Waals surface area (Å²) in [6.07, 6.45) is 1.77. The van der Waals surface area contributed by atoms with E-state index in [0.717, 1.165) is 20.0 Å². The predicted molar refractivity (Wildman–Crippen MR) is 95.0 cm³/mol. The Morgan fingerprint density at radius 2 is 2.12 bits per heavy atom. The van der Waals surface area contributed by atoms with Crippen molar-refractivity contribution in [3.8, 4) is 16.5 Å². The van der Waals surface area contributed by atoms with Crippen molar-refractivity contribution >= 4 is 39.3 Å². The number of hydrogen-bond acceptors (Lipinski definition) is 7. The van der Waals surface area contributed by atoms with E-state index in [9.17, 15) is 4.79 Å². The maximum absolute atomic E-state index is 12.2. The van der Waals surface area contributed by atoms with Crippen LogP contribution in [-0.2, 0) is 16.1 Å². The molecule has 1 aromatic carbocycles. The van der Waals surface area contributed by atoms with E-state index < -0.39 is 5.97 Å². The van der Waals surface area contributed by atoms with E-state index in [1.807, 2.05) is 36.4 Å². The molecule has 3 heterocycles. The summed E-state index contributed by atoms with van der Waals surface area (Å²) in [6.45, 7) is 0.0888. The highest BCUT2D eigenvalue weighted by Gasteiger charge is 2.19. The number of carbonyl (C=O) groups is 1. The Balaban J connectivity index is 1.41. The molecule has 0 saturated carbocycles. The number of hydrogen-bond donors (Lipinski definition) is 0. The van der Waals surface area contributed by atoms with E-state index in [1.54, 1.807) is 6.08 Å². The molecule has 3 aromatic rings. The summed E-state index contributed by atoms with van der Waals surface area (Å²) >= 11 is 4.86. The van der Waals surface area contributed by atoms with Crippen LogP contribution in [0.5, 0.6) is 5.75 Å². The van der Waals surface area contributed by atoms with Crippen molar-refractivity contribution in [1.82, 2.24) is 10.2 Å². The van der Waals surface area contributed by atoms with Crippen molar-refractivity contribution in [2.24, 2.45) is 0 Å². The first-order chi connectivity index (χ1) is 12.2. The van der Waals surface area contributed by atoms with E-state index in [-0.39, 0.29) is 19.1 Å². The molecule has 0 N–H and O–H groups in total. The van der Waals surface area contributed by atoms with Crippen LogP contribution in [0.1, 0.15) is 11.5 Å². The zero-order valence-electron chi connectivity index (χ0n) is 12.8. The third-order valence-electron chi connectivity index (χ3n) is 3.47. The predicted octanol–water partition coefficient (Wildman–Crippen LogP) is 4.08. The van der Waals surface area contributed by atoms with Crippen molar-refractivity contribution < 1.29 is 18.7 Å². The second-order valence-corrected chi connectivity index (χ2v) is 7.64. The Hall–Kier alpha value is -2.45. The highest BCUT2D eigenvalue weighted by atomic mass is 79.9. The Morgan fingerprint density at radius 1 is 1.24 bits per heavy atom. The number of carbonyl (C=O) groups excluding carboxylic acids is 1. The fourth-order valence-corrected chi connectivity index (χ4v) is 3.60. The van der Waals surface area contributed by atoms with Crippen molar-refractivity contribution in [2.45, 2.75) is 6.61 Å². The minimum Gasteiger partial charge on any atom is -0.488 e. The Kier molecular flexibility index (Phi) is 4.37. The van der Waals surface area contributed by atoms with Gasteiger partial charge in [-0.15, -0.1) is 21.5 Å². The molecule has 2 aromatic heterocycles. The third-order valence-corrected chi connectivity index (χ3v) is 5.08. The van der Waals surface area contributed by atoms with Gasteiger partial charge in [-0.05, 0) is 40.2 Å². The van der Waals surface area contributed by atoms with Gasteiger partial charge in [0.25, 0.3) is 11.8 Å². The molecular formula is C17H11BrN2O4S. The van der Waals surface area contributed by atoms with E-state index >= 15 is 0 Å². The number of halogens is 1. The van der Waals surface area contributed by atoms with Crippen LogP contribution in [0.4, 0.5) is 0 Å². The van der Waals surface area contributed by atoms with Crippen LogP contribution in [0.25, 0.3) is 16.8 Å². The van der Waals surface area contributed by atoms with Crippen LogP contribution in [0.15, 0.2) is 50.2 Å². The average Bonchev–Trinajstić information content (AvgIpc) is 3.28. The van der Waals surface area contributed by atoms with Gasteiger partial charge >= 0.3 is 5.97 Å². The Morgan fingerprint density at radius 3 is 2.96 bits per heavy atom. The SMILES string of the molecule is O=C(OCc1nnc(-c2ccc(Br)s2)o1)C1=Cc2ccccc2OC1. The lowest BCUT2D eigenvalue weighted by Gasteiger charge is -2.16. The molecule has 4 rings (SSSR count). The Labute approximate surface area is 155 Å². The molecule has 1 aliphatic rings. The van der Waals surface area contributed by atoms with E-state index in [4.69, 9.17) is 13.9 Å². The number of ether oxygens (including phenoxy) is 2. The standard InChI is InChI=1S/C17H11BrN2O4S/c18-14-6-5-13(25-14)16-20-19-15(24-16)9-23-17(21)11-7-10-3-1-2-4-12(10)22-8-11/h1-7H,8-9H2. The Bertz CT molecular complexity index is 963. The number of rotatable bonds is 4. The third kappa shape index (κ3) is 3.49. The van der Waals surface area contributed by atoms with Gasteiger partial charge in [-0.25, -0.2) is 4.79 Å². The van der Waals surface area contributed by atoms with Crippen molar-refractivity contribution in [3.05, 3.63) is 57.2 Å². The molecule has 1 aliphatic heterocycles. The number of thiophene rings is 1. The van der Waals surface area contributed by atoms with Gasteiger partial charge < -0.3 is 13.9 Å². The number of nitrogens with zero attached hydrogens (tertiary/aromatic N) is 2. The molecule has 0 spiro atoms. The lowest BCUT2D eigenvalue weighted by Crippen LogP contribution is -2.17. The zero-order valence-corrected chi connectivity index (χ0v) is 15.2. The summed E-state index contributed by atoms with van der Waals surface area (Å²) < 4.78 is 17.3. The van der Waals surface area contributed by atoms with Crippen molar-refractivity contribution in [2.75, 3.05) is 6.61 Å². The van der Waals surface area contributed by atoms with Gasteiger partial charge in [0.1, 0.15) is 12.4 Å². The van der Waals surface area contributed by atoms with Gasteiger partial charge in [-0.2, -0.15) is 0 Å². The zero-order chi connectivity index (χ0) is 17.2. The second kappa shape index (κ2) is 6.81. The minimum absolute atomic E-state index is 0.0859. The summed E-state index contributed by atoms with van der Waals surface area (Å²) in [7, 11) is 0. The topological polar surface area (TPSA) is 74.5 Å². The van der Waals surface area contributed by atoms with E-state index in [2.05, 4.69) is 26.1 Å². The molecule has 126 valence electrons. The molecule has 0 atom stereocenters. The summed E-state index contributed by atoms with van der Waals surface area (Å²) in [4.78, 5) is 13.0. The first-order valence-corrected chi connectivity index (χ1v) is 8.97. The van der Waals surface area contributed by atoms with E-state index in [1.165, 1.54) is 11.3 Å². The van der Waals surface area contributed by atoms with Gasteiger partial charge in [0.05, 0.1) is 14.2 Å². The maximum atomic E-state index is 12.2. The second-order valence-electron chi connectivity index (χ2n) is 5.18.